The molecule has 5 rings (SSSR count). The van der Waals surface area contributed by atoms with Crippen molar-refractivity contribution in [2.45, 2.75) is 38.4 Å². The summed E-state index contributed by atoms with van der Waals surface area (Å²) in [5.41, 5.74) is 4.85. The van der Waals surface area contributed by atoms with Crippen LogP contribution < -0.4 is 5.32 Å². The molecule has 1 aliphatic heterocycles. The van der Waals surface area contributed by atoms with Crippen molar-refractivity contribution < 1.29 is 0 Å². The number of hydrogen-bond acceptors (Lipinski definition) is 3. The van der Waals surface area contributed by atoms with E-state index in [1.165, 1.54) is 49.0 Å². The molecule has 1 saturated heterocycles. The van der Waals surface area contributed by atoms with Gasteiger partial charge in [0, 0.05) is 36.5 Å². The summed E-state index contributed by atoms with van der Waals surface area (Å²) in [5, 5.41) is 8.67. The highest BCUT2D eigenvalue weighted by molar-refractivity contribution is 5.62. The summed E-state index contributed by atoms with van der Waals surface area (Å²) in [6.07, 6.45) is 6.39. The third kappa shape index (κ3) is 4.60. The molecule has 2 aliphatic rings. The molecule has 1 unspecified atom stereocenters. The Morgan fingerprint density at radius 1 is 0.931 bits per heavy atom. The predicted molar refractivity (Wildman–Crippen MR) is 118 cm³/mol. The number of hydrogen-bond donors (Lipinski definition) is 1. The Kier molecular flexibility index (Phi) is 5.46. The molecule has 1 N–H and O–H groups in total. The van der Waals surface area contributed by atoms with Gasteiger partial charge in [0.1, 0.15) is 0 Å². The van der Waals surface area contributed by atoms with Crippen LogP contribution in [-0.4, -0.2) is 40.4 Å². The summed E-state index contributed by atoms with van der Waals surface area (Å²) in [4.78, 5) is 2.69. The smallest absolute Gasteiger partial charge is 0.0968 e. The zero-order valence-corrected chi connectivity index (χ0v) is 17.0. The SMILES string of the molecule is c1ccc(Cn2cc(CNCC3CCN(C4CC4)C3)c(-c3ccccc3)n2)cc1. The van der Waals surface area contributed by atoms with Crippen LogP contribution in [-0.2, 0) is 13.1 Å². The average molecular weight is 387 g/mol. The van der Waals surface area contributed by atoms with Gasteiger partial charge in [-0.05, 0) is 43.8 Å². The molecule has 4 heteroatoms. The first kappa shape index (κ1) is 18.6. The molecule has 1 atom stereocenters. The van der Waals surface area contributed by atoms with Gasteiger partial charge in [-0.1, -0.05) is 60.7 Å². The van der Waals surface area contributed by atoms with Gasteiger partial charge in [-0.15, -0.1) is 0 Å². The summed E-state index contributed by atoms with van der Waals surface area (Å²) in [7, 11) is 0. The molecular weight excluding hydrogens is 356 g/mol. The van der Waals surface area contributed by atoms with Crippen molar-refractivity contribution >= 4 is 0 Å². The summed E-state index contributed by atoms with van der Waals surface area (Å²) in [6.45, 7) is 5.34. The highest BCUT2D eigenvalue weighted by Gasteiger charge is 2.34. The molecule has 3 aromatic rings. The maximum Gasteiger partial charge on any atom is 0.0968 e. The summed E-state index contributed by atoms with van der Waals surface area (Å²) < 4.78 is 2.08. The minimum atomic E-state index is 0.787. The van der Waals surface area contributed by atoms with Crippen molar-refractivity contribution in [2.75, 3.05) is 19.6 Å². The first-order valence-corrected chi connectivity index (χ1v) is 11.0. The molecule has 1 aliphatic carbocycles. The lowest BCUT2D eigenvalue weighted by Gasteiger charge is -2.15. The third-order valence-corrected chi connectivity index (χ3v) is 6.20. The Balaban J connectivity index is 1.27. The molecule has 150 valence electrons. The molecule has 1 aromatic heterocycles. The Morgan fingerprint density at radius 2 is 1.69 bits per heavy atom. The number of rotatable bonds is 8. The minimum Gasteiger partial charge on any atom is -0.312 e. The molecule has 0 spiro atoms. The van der Waals surface area contributed by atoms with Crippen LogP contribution in [0.4, 0.5) is 0 Å². The Bertz CT molecular complexity index is 915. The number of aromatic nitrogens is 2. The molecule has 0 radical (unpaired) electrons. The van der Waals surface area contributed by atoms with Gasteiger partial charge in [0.25, 0.3) is 0 Å². The quantitative estimate of drug-likeness (QED) is 0.631. The molecule has 2 aromatic carbocycles. The van der Waals surface area contributed by atoms with Crippen LogP contribution in [0.1, 0.15) is 30.4 Å². The molecule has 2 fully saturated rings. The lowest BCUT2D eigenvalue weighted by molar-refractivity contribution is 0.312. The van der Waals surface area contributed by atoms with Gasteiger partial charge < -0.3 is 10.2 Å². The van der Waals surface area contributed by atoms with Gasteiger partial charge >= 0.3 is 0 Å². The van der Waals surface area contributed by atoms with Crippen LogP contribution >= 0.6 is 0 Å². The van der Waals surface area contributed by atoms with Gasteiger partial charge in [0.15, 0.2) is 0 Å². The van der Waals surface area contributed by atoms with E-state index in [0.717, 1.165) is 37.3 Å². The van der Waals surface area contributed by atoms with E-state index >= 15 is 0 Å². The molecule has 0 amide bonds. The second-order valence-electron chi connectivity index (χ2n) is 8.56. The van der Waals surface area contributed by atoms with Gasteiger partial charge in [-0.3, -0.25) is 4.68 Å². The number of nitrogens with zero attached hydrogens (tertiary/aromatic N) is 3. The van der Waals surface area contributed by atoms with E-state index in [1.54, 1.807) is 0 Å². The fourth-order valence-corrected chi connectivity index (χ4v) is 4.49. The number of benzene rings is 2. The largest absolute Gasteiger partial charge is 0.312 e. The van der Waals surface area contributed by atoms with Crippen LogP contribution in [0.3, 0.4) is 0 Å². The Labute approximate surface area is 173 Å². The second kappa shape index (κ2) is 8.52. The summed E-state index contributed by atoms with van der Waals surface area (Å²) >= 11 is 0. The maximum absolute atomic E-state index is 4.94. The second-order valence-corrected chi connectivity index (χ2v) is 8.56. The number of nitrogens with one attached hydrogen (secondary N) is 1. The highest BCUT2D eigenvalue weighted by atomic mass is 15.3. The van der Waals surface area contributed by atoms with E-state index in [9.17, 15) is 0 Å². The molecule has 0 bridgehead atoms. The van der Waals surface area contributed by atoms with E-state index in [-0.39, 0.29) is 0 Å². The van der Waals surface area contributed by atoms with E-state index in [1.807, 2.05) is 0 Å². The topological polar surface area (TPSA) is 33.1 Å². The van der Waals surface area contributed by atoms with E-state index in [0.29, 0.717) is 0 Å². The number of likely N-dealkylation sites (tertiary alicyclic amines) is 1. The van der Waals surface area contributed by atoms with Crippen molar-refractivity contribution in [1.82, 2.24) is 20.0 Å². The van der Waals surface area contributed by atoms with Crippen molar-refractivity contribution in [2.24, 2.45) is 5.92 Å². The third-order valence-electron chi connectivity index (χ3n) is 6.20. The lowest BCUT2D eigenvalue weighted by Crippen LogP contribution is -2.27. The fourth-order valence-electron chi connectivity index (χ4n) is 4.49. The van der Waals surface area contributed by atoms with Gasteiger partial charge in [-0.25, -0.2) is 0 Å². The Hall–Kier alpha value is -2.43. The van der Waals surface area contributed by atoms with Crippen LogP contribution in [0.5, 0.6) is 0 Å². The predicted octanol–water partition coefficient (Wildman–Crippen LogP) is 4.17. The van der Waals surface area contributed by atoms with Crippen LogP contribution in [0, 0.1) is 5.92 Å². The van der Waals surface area contributed by atoms with E-state index < -0.39 is 0 Å². The maximum atomic E-state index is 4.94. The monoisotopic (exact) mass is 386 g/mol. The van der Waals surface area contributed by atoms with Crippen molar-refractivity contribution in [3.8, 4) is 11.3 Å². The van der Waals surface area contributed by atoms with Crippen molar-refractivity contribution in [3.63, 3.8) is 0 Å². The zero-order valence-electron chi connectivity index (χ0n) is 17.0. The first-order chi connectivity index (χ1) is 14.3. The van der Waals surface area contributed by atoms with Crippen LogP contribution in [0.2, 0.25) is 0 Å². The van der Waals surface area contributed by atoms with Gasteiger partial charge in [0.05, 0.1) is 12.2 Å². The molecule has 1 saturated carbocycles. The minimum absolute atomic E-state index is 0.787. The van der Waals surface area contributed by atoms with E-state index in [4.69, 9.17) is 5.10 Å². The molecule has 29 heavy (non-hydrogen) atoms. The van der Waals surface area contributed by atoms with Gasteiger partial charge in [0.2, 0.25) is 0 Å². The summed E-state index contributed by atoms with van der Waals surface area (Å²) in [6, 6.07) is 22.0. The average Bonchev–Trinajstić information content (AvgIpc) is 3.38. The first-order valence-electron chi connectivity index (χ1n) is 11.0. The standard InChI is InChI=1S/C25H30N4/c1-3-7-20(8-4-1)18-29-19-23(25(27-29)22-9-5-2-6-10-22)16-26-15-21-13-14-28(17-21)24-11-12-24/h1-10,19,21,24,26H,11-18H2. The lowest BCUT2D eigenvalue weighted by atomic mass is 10.1. The van der Waals surface area contributed by atoms with Crippen molar-refractivity contribution in [3.05, 3.63) is 78.0 Å². The Morgan fingerprint density at radius 3 is 2.45 bits per heavy atom. The van der Waals surface area contributed by atoms with Crippen molar-refractivity contribution in [1.29, 1.82) is 0 Å². The highest BCUT2D eigenvalue weighted by Crippen LogP contribution is 2.31. The molecule has 2 heterocycles. The molecular formula is C25H30N4. The molecule has 4 nitrogen and oxygen atoms in total. The summed E-state index contributed by atoms with van der Waals surface area (Å²) in [5.74, 6) is 0.787. The van der Waals surface area contributed by atoms with Crippen LogP contribution in [0.15, 0.2) is 66.9 Å². The zero-order chi connectivity index (χ0) is 19.5. The van der Waals surface area contributed by atoms with Gasteiger partial charge in [-0.2, -0.15) is 5.10 Å². The fraction of sp³-hybridized carbons (Fsp3) is 0.400. The van der Waals surface area contributed by atoms with E-state index in [2.05, 4.69) is 81.8 Å². The van der Waals surface area contributed by atoms with Crippen LogP contribution in [0.25, 0.3) is 11.3 Å². The normalized spacial score (nSPS) is 19.7.